The summed E-state index contributed by atoms with van der Waals surface area (Å²) in [5.41, 5.74) is 1.15. The van der Waals surface area contributed by atoms with E-state index >= 15 is 0 Å². The van der Waals surface area contributed by atoms with Crippen LogP contribution >= 0.6 is 23.4 Å². The van der Waals surface area contributed by atoms with Crippen molar-refractivity contribution >= 4 is 29.1 Å². The molecule has 0 saturated heterocycles. The zero-order valence-electron chi connectivity index (χ0n) is 5.17. The average Bonchev–Trinajstić information content (AvgIpc) is 2.27. The van der Waals surface area contributed by atoms with Gasteiger partial charge in [-0.05, 0) is 12.1 Å². The third kappa shape index (κ3) is 0.976. The van der Waals surface area contributed by atoms with Crippen molar-refractivity contribution in [3.05, 3.63) is 24.3 Å². The lowest BCUT2D eigenvalue weighted by Gasteiger charge is -1.96. The van der Waals surface area contributed by atoms with Gasteiger partial charge in [-0.3, -0.25) is 0 Å². The molecule has 1 aliphatic rings. The predicted octanol–water partition coefficient (Wildman–Crippen LogP) is 2.73. The maximum atomic E-state index is 5.83. The van der Waals surface area contributed by atoms with E-state index < -0.39 is 0 Å². The Kier molecular flexibility index (Phi) is 1.51. The molecule has 1 aliphatic heterocycles. The van der Waals surface area contributed by atoms with Gasteiger partial charge in [-0.25, -0.2) is 0 Å². The molecule has 0 spiro atoms. The zero-order valence-corrected chi connectivity index (χ0v) is 6.75. The standard InChI is InChI=1S/C7H6ClNS/c8-7-9-5-3-1-2-4-6(5)10-7/h1-4,7,9H. The summed E-state index contributed by atoms with van der Waals surface area (Å²) in [6.07, 6.45) is 0. The number of benzene rings is 1. The quantitative estimate of drug-likeness (QED) is 0.476. The summed E-state index contributed by atoms with van der Waals surface area (Å²) >= 11 is 7.47. The topological polar surface area (TPSA) is 12.0 Å². The number of halogens is 1. The van der Waals surface area contributed by atoms with Gasteiger partial charge >= 0.3 is 0 Å². The number of anilines is 1. The Labute approximate surface area is 68.8 Å². The molecule has 2 rings (SSSR count). The maximum Gasteiger partial charge on any atom is 0.153 e. The van der Waals surface area contributed by atoms with Crippen LogP contribution in [0.25, 0.3) is 0 Å². The first-order chi connectivity index (χ1) is 4.86. The molecule has 1 atom stereocenters. The Bertz CT molecular complexity index is 226. The summed E-state index contributed by atoms with van der Waals surface area (Å²) < 4.78 is 0. The van der Waals surface area contributed by atoms with E-state index in [9.17, 15) is 0 Å². The van der Waals surface area contributed by atoms with E-state index in [2.05, 4.69) is 11.4 Å². The van der Waals surface area contributed by atoms with Crippen molar-refractivity contribution in [2.75, 3.05) is 5.32 Å². The molecule has 1 N–H and O–H groups in total. The lowest BCUT2D eigenvalue weighted by molar-refractivity contribution is 1.38. The second-order valence-corrected chi connectivity index (χ2v) is 3.92. The van der Waals surface area contributed by atoms with Gasteiger partial charge in [-0.1, -0.05) is 35.5 Å². The fourth-order valence-corrected chi connectivity index (χ4v) is 2.18. The Balaban J connectivity index is 2.42. The number of hydrogen-bond acceptors (Lipinski definition) is 2. The molecule has 0 saturated carbocycles. The highest BCUT2D eigenvalue weighted by Crippen LogP contribution is 2.39. The summed E-state index contributed by atoms with van der Waals surface area (Å²) in [6, 6.07) is 8.11. The monoisotopic (exact) mass is 171 g/mol. The lowest BCUT2D eigenvalue weighted by Crippen LogP contribution is -1.98. The van der Waals surface area contributed by atoms with Gasteiger partial charge in [0.2, 0.25) is 0 Å². The highest BCUT2D eigenvalue weighted by atomic mass is 35.5. The molecule has 1 nitrogen and oxygen atoms in total. The van der Waals surface area contributed by atoms with E-state index in [-0.39, 0.29) is 4.83 Å². The second kappa shape index (κ2) is 2.36. The number of thioether (sulfide) groups is 1. The van der Waals surface area contributed by atoms with Gasteiger partial charge in [0.1, 0.15) is 0 Å². The van der Waals surface area contributed by atoms with Gasteiger partial charge in [0.25, 0.3) is 0 Å². The average molecular weight is 172 g/mol. The molecule has 0 amide bonds. The van der Waals surface area contributed by atoms with E-state index in [1.165, 1.54) is 4.90 Å². The van der Waals surface area contributed by atoms with Crippen LogP contribution in [0.5, 0.6) is 0 Å². The molecule has 1 aromatic carbocycles. The largest absolute Gasteiger partial charge is 0.360 e. The lowest BCUT2D eigenvalue weighted by atomic mass is 10.3. The molecule has 3 heteroatoms. The van der Waals surface area contributed by atoms with E-state index in [1.807, 2.05) is 18.2 Å². The third-order valence-corrected chi connectivity index (χ3v) is 2.70. The van der Waals surface area contributed by atoms with E-state index in [0.717, 1.165) is 5.69 Å². The van der Waals surface area contributed by atoms with Crippen LogP contribution in [0.1, 0.15) is 0 Å². The highest BCUT2D eigenvalue weighted by molar-refractivity contribution is 8.01. The van der Waals surface area contributed by atoms with Crippen molar-refractivity contribution in [1.29, 1.82) is 0 Å². The van der Waals surface area contributed by atoms with Gasteiger partial charge < -0.3 is 5.32 Å². The van der Waals surface area contributed by atoms with Crippen LogP contribution in [0.15, 0.2) is 29.2 Å². The highest BCUT2D eigenvalue weighted by Gasteiger charge is 2.17. The Morgan fingerprint density at radius 2 is 2.20 bits per heavy atom. The fraction of sp³-hybridized carbons (Fsp3) is 0.143. The van der Waals surface area contributed by atoms with Crippen molar-refractivity contribution in [3.8, 4) is 0 Å². The van der Waals surface area contributed by atoms with Gasteiger partial charge in [-0.2, -0.15) is 0 Å². The fourth-order valence-electron chi connectivity index (χ4n) is 0.952. The molecular formula is C7H6ClNS. The minimum absolute atomic E-state index is 0.0115. The number of alkyl halides is 1. The van der Waals surface area contributed by atoms with E-state index in [1.54, 1.807) is 11.8 Å². The van der Waals surface area contributed by atoms with Crippen molar-refractivity contribution in [3.63, 3.8) is 0 Å². The van der Waals surface area contributed by atoms with Gasteiger partial charge in [-0.15, -0.1) is 0 Å². The van der Waals surface area contributed by atoms with Crippen LogP contribution in [0.2, 0.25) is 0 Å². The van der Waals surface area contributed by atoms with Gasteiger partial charge in [0.15, 0.2) is 4.83 Å². The molecule has 1 unspecified atom stereocenters. The number of hydrogen-bond donors (Lipinski definition) is 1. The first-order valence-electron chi connectivity index (χ1n) is 3.02. The van der Waals surface area contributed by atoms with E-state index in [4.69, 9.17) is 11.6 Å². The molecule has 0 aliphatic carbocycles. The second-order valence-electron chi connectivity index (χ2n) is 2.07. The molecule has 0 aromatic heterocycles. The molecule has 0 radical (unpaired) electrons. The summed E-state index contributed by atoms with van der Waals surface area (Å²) in [7, 11) is 0. The number of rotatable bonds is 0. The third-order valence-electron chi connectivity index (χ3n) is 1.39. The van der Waals surface area contributed by atoms with Crippen molar-refractivity contribution in [1.82, 2.24) is 0 Å². The molecule has 0 fully saturated rings. The number of fused-ring (bicyclic) bond motifs is 1. The molecule has 0 bridgehead atoms. The summed E-state index contributed by atoms with van der Waals surface area (Å²) in [5, 5.41) is 3.13. The Morgan fingerprint density at radius 3 is 3.00 bits per heavy atom. The minimum atomic E-state index is 0.0115. The zero-order chi connectivity index (χ0) is 6.97. The smallest absolute Gasteiger partial charge is 0.153 e. The Morgan fingerprint density at radius 1 is 1.40 bits per heavy atom. The normalized spacial score (nSPS) is 21.9. The predicted molar refractivity (Wildman–Crippen MR) is 45.6 cm³/mol. The molecule has 10 heavy (non-hydrogen) atoms. The van der Waals surface area contributed by atoms with E-state index in [0.29, 0.717) is 0 Å². The first kappa shape index (κ1) is 6.38. The van der Waals surface area contributed by atoms with Crippen molar-refractivity contribution in [2.45, 2.75) is 9.73 Å². The molecule has 52 valence electrons. The SMILES string of the molecule is ClC1Nc2ccccc2S1. The summed E-state index contributed by atoms with van der Waals surface area (Å²) in [6.45, 7) is 0. The van der Waals surface area contributed by atoms with Crippen LogP contribution < -0.4 is 5.32 Å². The van der Waals surface area contributed by atoms with Gasteiger partial charge in [0.05, 0.1) is 0 Å². The van der Waals surface area contributed by atoms with Crippen LogP contribution in [-0.2, 0) is 0 Å². The number of nitrogens with one attached hydrogen (secondary N) is 1. The van der Waals surface area contributed by atoms with Crippen LogP contribution in [0.3, 0.4) is 0 Å². The van der Waals surface area contributed by atoms with Crippen molar-refractivity contribution in [2.24, 2.45) is 0 Å². The maximum absolute atomic E-state index is 5.83. The van der Waals surface area contributed by atoms with Crippen LogP contribution in [0.4, 0.5) is 5.69 Å². The van der Waals surface area contributed by atoms with Gasteiger partial charge in [0, 0.05) is 10.6 Å². The van der Waals surface area contributed by atoms with Crippen LogP contribution in [-0.4, -0.2) is 4.83 Å². The first-order valence-corrected chi connectivity index (χ1v) is 4.34. The Hall–Kier alpha value is -0.340. The summed E-state index contributed by atoms with van der Waals surface area (Å²) in [5.74, 6) is 0. The van der Waals surface area contributed by atoms with Crippen LogP contribution in [0, 0.1) is 0 Å². The molecular weight excluding hydrogens is 166 g/mol. The minimum Gasteiger partial charge on any atom is -0.360 e. The molecule has 1 aromatic rings. The van der Waals surface area contributed by atoms with Crippen molar-refractivity contribution < 1.29 is 0 Å². The molecule has 1 heterocycles. The summed E-state index contributed by atoms with van der Waals surface area (Å²) in [4.78, 5) is 1.25. The number of para-hydroxylation sites is 1.